The van der Waals surface area contributed by atoms with Crippen LogP contribution in [0.2, 0.25) is 0 Å². The standard InChI is InChI=1S/C14H16S3/c1-9(2)15-11(5)13-7-8-14(17-13)12(6)16-10(3)4/h7-8H,1,3,5-6H2,2,4H3. The predicted octanol–water partition coefficient (Wildman–Crippen LogP) is 6.22. The number of thiophene rings is 1. The molecule has 0 N–H and O–H groups in total. The minimum Gasteiger partial charge on any atom is -0.134 e. The highest BCUT2D eigenvalue weighted by Gasteiger charge is 2.07. The molecule has 1 heterocycles. The second-order valence-electron chi connectivity index (χ2n) is 3.62. The first-order valence-corrected chi connectivity index (χ1v) is 7.50. The lowest BCUT2D eigenvalue weighted by Crippen LogP contribution is -1.70. The highest BCUT2D eigenvalue weighted by Crippen LogP contribution is 2.39. The van der Waals surface area contributed by atoms with E-state index in [9.17, 15) is 0 Å². The molecule has 0 spiro atoms. The second kappa shape index (κ2) is 6.34. The molecule has 1 rings (SSSR count). The van der Waals surface area contributed by atoms with Crippen LogP contribution in [-0.2, 0) is 0 Å². The third kappa shape index (κ3) is 4.62. The number of hydrogen-bond donors (Lipinski definition) is 0. The molecule has 0 amide bonds. The molecule has 0 fully saturated rings. The molecule has 0 aliphatic heterocycles. The minimum absolute atomic E-state index is 1.04. The van der Waals surface area contributed by atoms with E-state index in [0.29, 0.717) is 0 Å². The second-order valence-corrected chi connectivity index (χ2v) is 7.49. The van der Waals surface area contributed by atoms with Gasteiger partial charge in [-0.2, -0.15) is 0 Å². The molecule has 0 aliphatic carbocycles. The average Bonchev–Trinajstić information content (AvgIpc) is 2.63. The zero-order chi connectivity index (χ0) is 13.0. The molecule has 0 nitrogen and oxygen atoms in total. The van der Waals surface area contributed by atoms with Gasteiger partial charge in [-0.1, -0.05) is 49.8 Å². The van der Waals surface area contributed by atoms with Crippen molar-refractivity contribution in [3.63, 3.8) is 0 Å². The molecule has 3 heteroatoms. The third-order valence-electron chi connectivity index (χ3n) is 1.75. The maximum absolute atomic E-state index is 4.06. The summed E-state index contributed by atoms with van der Waals surface area (Å²) in [6.07, 6.45) is 0. The first-order valence-electron chi connectivity index (χ1n) is 5.05. The van der Waals surface area contributed by atoms with Gasteiger partial charge in [0.2, 0.25) is 0 Å². The van der Waals surface area contributed by atoms with Gasteiger partial charge in [0.15, 0.2) is 0 Å². The zero-order valence-electron chi connectivity index (χ0n) is 10.2. The molecule has 1 aromatic rings. The van der Waals surface area contributed by atoms with Crippen LogP contribution >= 0.6 is 34.9 Å². The SMILES string of the molecule is C=C(C)SC(=C)c1ccc(C(=C)SC(=C)C)s1. The monoisotopic (exact) mass is 280 g/mol. The molecule has 0 saturated carbocycles. The van der Waals surface area contributed by atoms with Crippen molar-refractivity contribution in [2.45, 2.75) is 13.8 Å². The van der Waals surface area contributed by atoms with Crippen molar-refractivity contribution in [2.75, 3.05) is 0 Å². The summed E-state index contributed by atoms with van der Waals surface area (Å²) >= 11 is 4.94. The van der Waals surface area contributed by atoms with Crippen LogP contribution in [0.5, 0.6) is 0 Å². The topological polar surface area (TPSA) is 0 Å². The Balaban J connectivity index is 2.77. The van der Waals surface area contributed by atoms with Crippen molar-refractivity contribution in [3.05, 3.63) is 58.0 Å². The Hall–Kier alpha value is -0.640. The number of rotatable bonds is 6. The lowest BCUT2D eigenvalue weighted by molar-refractivity contribution is 1.73. The van der Waals surface area contributed by atoms with E-state index in [1.807, 2.05) is 13.8 Å². The van der Waals surface area contributed by atoms with Crippen molar-refractivity contribution in [3.8, 4) is 0 Å². The van der Waals surface area contributed by atoms with Crippen molar-refractivity contribution in [2.24, 2.45) is 0 Å². The molecule has 0 radical (unpaired) electrons. The molecule has 17 heavy (non-hydrogen) atoms. The lowest BCUT2D eigenvalue weighted by Gasteiger charge is -2.02. The van der Waals surface area contributed by atoms with Gasteiger partial charge < -0.3 is 0 Å². The zero-order valence-corrected chi connectivity index (χ0v) is 12.7. The van der Waals surface area contributed by atoms with Crippen LogP contribution in [0, 0.1) is 0 Å². The summed E-state index contributed by atoms with van der Waals surface area (Å²) in [4.78, 5) is 6.55. The predicted molar refractivity (Wildman–Crippen MR) is 87.2 cm³/mol. The summed E-state index contributed by atoms with van der Waals surface area (Å²) in [5, 5.41) is 0. The quantitative estimate of drug-likeness (QED) is 0.606. The Morgan fingerprint density at radius 2 is 1.24 bits per heavy atom. The van der Waals surface area contributed by atoms with E-state index < -0.39 is 0 Å². The van der Waals surface area contributed by atoms with Gasteiger partial charge in [0.1, 0.15) is 0 Å². The van der Waals surface area contributed by atoms with Crippen LogP contribution in [-0.4, -0.2) is 0 Å². The van der Waals surface area contributed by atoms with Crippen LogP contribution < -0.4 is 0 Å². The molecule has 0 saturated heterocycles. The van der Waals surface area contributed by atoms with Crippen LogP contribution in [0.1, 0.15) is 23.6 Å². The Kier molecular flexibility index (Phi) is 5.37. The molecule has 90 valence electrons. The van der Waals surface area contributed by atoms with E-state index >= 15 is 0 Å². The first-order chi connectivity index (χ1) is 7.90. The smallest absolute Gasteiger partial charge is 0.0410 e. The van der Waals surface area contributed by atoms with Gasteiger partial charge in [-0.3, -0.25) is 0 Å². The molecular weight excluding hydrogens is 264 g/mol. The summed E-state index contributed by atoms with van der Waals surface area (Å²) in [5.74, 6) is 0. The van der Waals surface area contributed by atoms with Crippen LogP contribution in [0.15, 0.2) is 48.3 Å². The number of thioether (sulfide) groups is 2. The number of allylic oxidation sites excluding steroid dienone is 2. The van der Waals surface area contributed by atoms with Crippen molar-refractivity contribution in [1.82, 2.24) is 0 Å². The fraction of sp³-hybridized carbons (Fsp3) is 0.143. The van der Waals surface area contributed by atoms with Crippen molar-refractivity contribution < 1.29 is 0 Å². The minimum atomic E-state index is 1.04. The van der Waals surface area contributed by atoms with E-state index in [0.717, 1.165) is 19.6 Å². The molecule has 0 atom stereocenters. The molecule has 0 unspecified atom stereocenters. The highest BCUT2D eigenvalue weighted by atomic mass is 32.2. The Bertz CT molecular complexity index is 435. The molecule has 0 aliphatic rings. The summed E-state index contributed by atoms with van der Waals surface area (Å²) in [6.45, 7) is 19.8. The maximum Gasteiger partial charge on any atom is 0.0410 e. The fourth-order valence-corrected chi connectivity index (χ4v) is 3.57. The van der Waals surface area contributed by atoms with Crippen LogP contribution in [0.3, 0.4) is 0 Å². The van der Waals surface area contributed by atoms with Crippen LogP contribution in [0.25, 0.3) is 9.81 Å². The van der Waals surface area contributed by atoms with Gasteiger partial charge in [-0.25, -0.2) is 0 Å². The number of hydrogen-bond acceptors (Lipinski definition) is 3. The molecular formula is C14H16S3. The normalized spacial score (nSPS) is 10.0. The summed E-state index contributed by atoms with van der Waals surface area (Å²) in [6, 6.07) is 4.17. The van der Waals surface area contributed by atoms with E-state index in [1.165, 1.54) is 9.75 Å². The Morgan fingerprint density at radius 3 is 1.53 bits per heavy atom. The molecule has 0 aromatic carbocycles. The summed E-state index contributed by atoms with van der Waals surface area (Å²) in [5.41, 5.74) is 0. The average molecular weight is 280 g/mol. The first kappa shape index (κ1) is 14.4. The van der Waals surface area contributed by atoms with Gasteiger partial charge >= 0.3 is 0 Å². The third-order valence-corrected chi connectivity index (χ3v) is 4.84. The van der Waals surface area contributed by atoms with Gasteiger partial charge in [-0.05, 0) is 35.8 Å². The van der Waals surface area contributed by atoms with Gasteiger partial charge in [0.05, 0.1) is 0 Å². The van der Waals surface area contributed by atoms with Gasteiger partial charge in [-0.15, -0.1) is 11.3 Å². The molecule has 1 aromatic heterocycles. The molecule has 0 bridgehead atoms. The van der Waals surface area contributed by atoms with Gasteiger partial charge in [0.25, 0.3) is 0 Å². The van der Waals surface area contributed by atoms with E-state index in [-0.39, 0.29) is 0 Å². The lowest BCUT2D eigenvalue weighted by atomic mass is 10.4. The highest BCUT2D eigenvalue weighted by molar-refractivity contribution is 8.12. The van der Waals surface area contributed by atoms with Crippen molar-refractivity contribution >= 4 is 44.7 Å². The summed E-state index contributed by atoms with van der Waals surface area (Å²) < 4.78 is 0. The fourth-order valence-electron chi connectivity index (χ4n) is 1.16. The Labute approximate surface area is 116 Å². The van der Waals surface area contributed by atoms with E-state index in [1.54, 1.807) is 34.9 Å². The van der Waals surface area contributed by atoms with E-state index in [4.69, 9.17) is 0 Å². The summed E-state index contributed by atoms with van der Waals surface area (Å²) in [7, 11) is 0. The Morgan fingerprint density at radius 1 is 0.882 bits per heavy atom. The van der Waals surface area contributed by atoms with Crippen molar-refractivity contribution in [1.29, 1.82) is 0 Å². The maximum atomic E-state index is 4.06. The largest absolute Gasteiger partial charge is 0.134 e. The van der Waals surface area contributed by atoms with Gasteiger partial charge in [0, 0.05) is 19.6 Å². The van der Waals surface area contributed by atoms with E-state index in [2.05, 4.69) is 38.4 Å². The van der Waals surface area contributed by atoms with Crippen LogP contribution in [0.4, 0.5) is 0 Å².